The highest BCUT2D eigenvalue weighted by atomic mass is 19.3. The second-order valence-electron chi connectivity index (χ2n) is 4.41. The SMILES string of the molecule is N[C@@H]1[C@@H](OC2CCC2)CCCC1(F)F. The molecule has 2 rings (SSSR count). The summed E-state index contributed by atoms with van der Waals surface area (Å²) in [6.45, 7) is 0. The second-order valence-corrected chi connectivity index (χ2v) is 4.41. The van der Waals surface area contributed by atoms with Gasteiger partial charge in [0.15, 0.2) is 0 Å². The highest BCUT2D eigenvalue weighted by Crippen LogP contribution is 2.36. The highest BCUT2D eigenvalue weighted by molar-refractivity contribution is 4.92. The maximum absolute atomic E-state index is 13.2. The molecule has 0 bridgehead atoms. The predicted octanol–water partition coefficient (Wildman–Crippen LogP) is 2.07. The molecule has 0 saturated heterocycles. The Balaban J connectivity index is 1.90. The molecule has 2 saturated carbocycles. The molecule has 0 amide bonds. The van der Waals surface area contributed by atoms with Gasteiger partial charge in [-0.15, -0.1) is 0 Å². The smallest absolute Gasteiger partial charge is 0.265 e. The molecule has 4 heteroatoms. The zero-order valence-electron chi connectivity index (χ0n) is 8.22. The van der Waals surface area contributed by atoms with Crippen LogP contribution in [-0.4, -0.2) is 24.2 Å². The van der Waals surface area contributed by atoms with Gasteiger partial charge < -0.3 is 10.5 Å². The summed E-state index contributed by atoms with van der Waals surface area (Å²) in [4.78, 5) is 0. The van der Waals surface area contributed by atoms with Crippen molar-refractivity contribution in [2.24, 2.45) is 5.73 Å². The highest BCUT2D eigenvalue weighted by Gasteiger charge is 2.46. The molecule has 0 aliphatic heterocycles. The fraction of sp³-hybridized carbons (Fsp3) is 1.00. The molecule has 0 unspecified atom stereocenters. The van der Waals surface area contributed by atoms with Crippen molar-refractivity contribution in [2.45, 2.75) is 62.7 Å². The average Bonchev–Trinajstić information content (AvgIpc) is 2.04. The number of rotatable bonds is 2. The molecule has 0 aromatic rings. The summed E-state index contributed by atoms with van der Waals surface area (Å²) in [5.74, 6) is -2.73. The molecule has 0 heterocycles. The third-order valence-corrected chi connectivity index (χ3v) is 3.31. The zero-order chi connectivity index (χ0) is 10.2. The van der Waals surface area contributed by atoms with Crippen molar-refractivity contribution < 1.29 is 13.5 Å². The van der Waals surface area contributed by atoms with Crippen LogP contribution in [0.25, 0.3) is 0 Å². The van der Waals surface area contributed by atoms with Gasteiger partial charge in [-0.3, -0.25) is 0 Å². The Labute approximate surface area is 82.8 Å². The Hall–Kier alpha value is -0.220. The van der Waals surface area contributed by atoms with Crippen LogP contribution in [-0.2, 0) is 4.74 Å². The number of ether oxygens (including phenoxy) is 1. The summed E-state index contributed by atoms with van der Waals surface area (Å²) in [7, 11) is 0. The van der Waals surface area contributed by atoms with Crippen molar-refractivity contribution in [3.05, 3.63) is 0 Å². The molecule has 2 atom stereocenters. The van der Waals surface area contributed by atoms with Gasteiger partial charge in [-0.1, -0.05) is 0 Å². The summed E-state index contributed by atoms with van der Waals surface area (Å²) in [5.41, 5.74) is 5.51. The van der Waals surface area contributed by atoms with Crippen LogP contribution in [0.3, 0.4) is 0 Å². The van der Waals surface area contributed by atoms with Crippen LogP contribution < -0.4 is 5.73 Å². The summed E-state index contributed by atoms with van der Waals surface area (Å²) in [6, 6.07) is -1.10. The van der Waals surface area contributed by atoms with Crippen LogP contribution in [0.4, 0.5) is 8.78 Å². The van der Waals surface area contributed by atoms with E-state index in [1.165, 1.54) is 0 Å². The van der Waals surface area contributed by atoms with Gasteiger partial charge in [0.2, 0.25) is 0 Å². The van der Waals surface area contributed by atoms with E-state index in [1.807, 2.05) is 0 Å². The Morgan fingerprint density at radius 2 is 1.86 bits per heavy atom. The number of nitrogens with two attached hydrogens (primary N) is 1. The molecule has 0 radical (unpaired) electrons. The van der Waals surface area contributed by atoms with E-state index in [9.17, 15) is 8.78 Å². The number of hydrogen-bond donors (Lipinski definition) is 1. The normalized spacial score (nSPS) is 37.9. The molecule has 2 N–H and O–H groups in total. The molecule has 2 fully saturated rings. The maximum Gasteiger partial charge on any atom is 0.265 e. The molecule has 0 spiro atoms. The lowest BCUT2D eigenvalue weighted by Gasteiger charge is -2.39. The average molecular weight is 205 g/mol. The van der Waals surface area contributed by atoms with E-state index in [0.29, 0.717) is 12.8 Å². The van der Waals surface area contributed by atoms with Gasteiger partial charge >= 0.3 is 0 Å². The van der Waals surface area contributed by atoms with Crippen LogP contribution in [0, 0.1) is 0 Å². The Kier molecular flexibility index (Phi) is 2.75. The van der Waals surface area contributed by atoms with Gasteiger partial charge in [0.1, 0.15) is 0 Å². The van der Waals surface area contributed by atoms with Crippen LogP contribution in [0.5, 0.6) is 0 Å². The van der Waals surface area contributed by atoms with Gasteiger partial charge in [0.05, 0.1) is 18.2 Å². The van der Waals surface area contributed by atoms with Gasteiger partial charge in [-0.05, 0) is 32.1 Å². The molecule has 2 aliphatic carbocycles. The first-order chi connectivity index (χ1) is 6.59. The monoisotopic (exact) mass is 205 g/mol. The fourth-order valence-corrected chi connectivity index (χ4v) is 2.06. The van der Waals surface area contributed by atoms with E-state index in [2.05, 4.69) is 0 Å². The van der Waals surface area contributed by atoms with Crippen LogP contribution >= 0.6 is 0 Å². The molecule has 82 valence electrons. The maximum atomic E-state index is 13.2. The summed E-state index contributed by atoms with van der Waals surface area (Å²) >= 11 is 0. The zero-order valence-corrected chi connectivity index (χ0v) is 8.22. The van der Waals surface area contributed by atoms with Gasteiger partial charge in [-0.25, -0.2) is 8.78 Å². The first-order valence-electron chi connectivity index (χ1n) is 5.38. The van der Waals surface area contributed by atoms with Crippen molar-refractivity contribution >= 4 is 0 Å². The lowest BCUT2D eigenvalue weighted by atomic mass is 9.88. The van der Waals surface area contributed by atoms with Crippen LogP contribution in [0.15, 0.2) is 0 Å². The summed E-state index contributed by atoms with van der Waals surface area (Å²) in [5, 5.41) is 0. The molecule has 0 aromatic heterocycles. The van der Waals surface area contributed by atoms with E-state index < -0.39 is 18.1 Å². The molecule has 2 nitrogen and oxygen atoms in total. The van der Waals surface area contributed by atoms with Crippen molar-refractivity contribution in [3.63, 3.8) is 0 Å². The summed E-state index contributed by atoms with van der Waals surface area (Å²) < 4.78 is 32.0. The molecule has 2 aliphatic rings. The molecular weight excluding hydrogens is 188 g/mol. The van der Waals surface area contributed by atoms with Gasteiger partial charge in [0.25, 0.3) is 5.92 Å². The Bertz CT molecular complexity index is 206. The predicted molar refractivity (Wildman–Crippen MR) is 49.3 cm³/mol. The Morgan fingerprint density at radius 3 is 2.43 bits per heavy atom. The first-order valence-corrected chi connectivity index (χ1v) is 5.38. The summed E-state index contributed by atoms with van der Waals surface area (Å²) in [6.07, 6.45) is 4.07. The van der Waals surface area contributed by atoms with Crippen molar-refractivity contribution in [2.75, 3.05) is 0 Å². The largest absolute Gasteiger partial charge is 0.373 e. The Morgan fingerprint density at radius 1 is 1.14 bits per heavy atom. The number of halogens is 2. The van der Waals surface area contributed by atoms with E-state index in [4.69, 9.17) is 10.5 Å². The van der Waals surface area contributed by atoms with Gasteiger partial charge in [0, 0.05) is 6.42 Å². The molecule has 0 aromatic carbocycles. The quantitative estimate of drug-likeness (QED) is 0.749. The third-order valence-electron chi connectivity index (χ3n) is 3.31. The van der Waals surface area contributed by atoms with Crippen molar-refractivity contribution in [1.29, 1.82) is 0 Å². The fourth-order valence-electron chi connectivity index (χ4n) is 2.06. The lowest BCUT2D eigenvalue weighted by Crippen LogP contribution is -2.54. The first kappa shape index (κ1) is 10.3. The van der Waals surface area contributed by atoms with E-state index in [0.717, 1.165) is 19.3 Å². The number of alkyl halides is 2. The van der Waals surface area contributed by atoms with Crippen LogP contribution in [0.1, 0.15) is 38.5 Å². The van der Waals surface area contributed by atoms with Crippen molar-refractivity contribution in [1.82, 2.24) is 0 Å². The standard InChI is InChI=1S/C10H17F2NO/c11-10(12)6-2-5-8(9(10)13)14-7-3-1-4-7/h7-9H,1-6,13H2/t8-,9+/m0/s1. The second kappa shape index (κ2) is 3.74. The minimum Gasteiger partial charge on any atom is -0.373 e. The topological polar surface area (TPSA) is 35.2 Å². The van der Waals surface area contributed by atoms with Crippen molar-refractivity contribution in [3.8, 4) is 0 Å². The number of hydrogen-bond acceptors (Lipinski definition) is 2. The van der Waals surface area contributed by atoms with E-state index in [1.54, 1.807) is 0 Å². The lowest BCUT2D eigenvalue weighted by molar-refractivity contribution is -0.144. The molecule has 14 heavy (non-hydrogen) atoms. The van der Waals surface area contributed by atoms with E-state index >= 15 is 0 Å². The van der Waals surface area contributed by atoms with Crippen LogP contribution in [0.2, 0.25) is 0 Å². The van der Waals surface area contributed by atoms with E-state index in [-0.39, 0.29) is 12.5 Å². The minimum atomic E-state index is -2.73. The third kappa shape index (κ3) is 1.91. The minimum absolute atomic E-state index is 0.0846. The molecular formula is C10H17F2NO. The van der Waals surface area contributed by atoms with Gasteiger partial charge in [-0.2, -0.15) is 0 Å².